The van der Waals surface area contributed by atoms with E-state index in [0.29, 0.717) is 24.3 Å². The number of hydrogen-bond donors (Lipinski definition) is 1. The molecular weight excluding hydrogens is 442 g/mol. The first-order valence-corrected chi connectivity index (χ1v) is 12.7. The minimum Gasteiger partial charge on any atom is -0.484 e. The molecule has 2 aromatic carbocycles. The third kappa shape index (κ3) is 4.72. The van der Waals surface area contributed by atoms with Crippen molar-refractivity contribution in [2.75, 3.05) is 13.2 Å². The highest BCUT2D eigenvalue weighted by Crippen LogP contribution is 2.49. The van der Waals surface area contributed by atoms with Crippen LogP contribution >= 0.6 is 0 Å². The molecule has 2 aliphatic rings. The molecule has 3 aromatic rings. The first-order valence-electron chi connectivity index (χ1n) is 12.7. The molecule has 2 fully saturated rings. The molecule has 0 radical (unpaired) electrons. The van der Waals surface area contributed by atoms with E-state index in [-0.39, 0.29) is 30.1 Å². The Kier molecular flexibility index (Phi) is 6.65. The highest BCUT2D eigenvalue weighted by atomic mass is 16.5. The van der Waals surface area contributed by atoms with E-state index >= 15 is 0 Å². The second kappa shape index (κ2) is 9.86. The molecule has 35 heavy (non-hydrogen) atoms. The van der Waals surface area contributed by atoms with Crippen LogP contribution in [0.2, 0.25) is 0 Å². The van der Waals surface area contributed by atoms with Gasteiger partial charge in [-0.25, -0.2) is 4.79 Å². The summed E-state index contributed by atoms with van der Waals surface area (Å²) in [5.41, 5.74) is 1.39. The van der Waals surface area contributed by atoms with E-state index in [2.05, 4.69) is 6.92 Å². The Hall–Kier alpha value is -3.12. The van der Waals surface area contributed by atoms with Gasteiger partial charge >= 0.3 is 5.63 Å². The molecule has 3 atom stereocenters. The van der Waals surface area contributed by atoms with Gasteiger partial charge in [0.2, 0.25) is 0 Å². The highest BCUT2D eigenvalue weighted by molar-refractivity contribution is 5.82. The maximum absolute atomic E-state index is 13.4. The van der Waals surface area contributed by atoms with Crippen molar-refractivity contribution < 1.29 is 19.1 Å². The zero-order valence-corrected chi connectivity index (χ0v) is 20.2. The number of likely N-dealkylation sites (tertiary alicyclic amines) is 1. The number of benzene rings is 2. The van der Waals surface area contributed by atoms with Gasteiger partial charge in [0.1, 0.15) is 11.3 Å². The van der Waals surface area contributed by atoms with Crippen molar-refractivity contribution in [1.82, 2.24) is 4.90 Å². The Balaban J connectivity index is 1.37. The van der Waals surface area contributed by atoms with Gasteiger partial charge in [0, 0.05) is 30.0 Å². The van der Waals surface area contributed by atoms with Gasteiger partial charge in [0.05, 0.1) is 11.6 Å². The summed E-state index contributed by atoms with van der Waals surface area (Å²) >= 11 is 0. The monoisotopic (exact) mass is 475 g/mol. The first kappa shape index (κ1) is 23.6. The fourth-order valence-electron chi connectivity index (χ4n) is 6.03. The van der Waals surface area contributed by atoms with Crippen LogP contribution in [0.4, 0.5) is 0 Å². The number of fused-ring (bicyclic) bond motifs is 2. The predicted octanol–water partition coefficient (Wildman–Crippen LogP) is 5.02. The van der Waals surface area contributed by atoms with E-state index in [1.54, 1.807) is 12.1 Å². The zero-order valence-electron chi connectivity index (χ0n) is 20.2. The SMILES string of the molecule is CCCc1cc(=O)oc2cc(OCC(=O)N3CCC4(O)CCCCC4C3c3ccccc3)ccc12. The van der Waals surface area contributed by atoms with Crippen molar-refractivity contribution in [2.24, 2.45) is 5.92 Å². The van der Waals surface area contributed by atoms with E-state index in [1.807, 2.05) is 47.4 Å². The number of amides is 1. The Morgan fingerprint density at radius 1 is 1.14 bits per heavy atom. The third-order valence-corrected chi connectivity index (χ3v) is 7.71. The number of hydrogen-bond acceptors (Lipinski definition) is 5. The van der Waals surface area contributed by atoms with Crippen molar-refractivity contribution in [3.05, 3.63) is 76.1 Å². The largest absolute Gasteiger partial charge is 0.484 e. The van der Waals surface area contributed by atoms with Crippen LogP contribution in [0.5, 0.6) is 5.75 Å². The molecule has 0 spiro atoms. The number of piperidine rings is 1. The molecule has 1 N–H and O–H groups in total. The van der Waals surface area contributed by atoms with Crippen LogP contribution in [0.3, 0.4) is 0 Å². The molecular formula is C29H33NO5. The van der Waals surface area contributed by atoms with Crippen LogP contribution in [0.1, 0.15) is 62.6 Å². The van der Waals surface area contributed by atoms with Crippen LogP contribution in [-0.2, 0) is 11.2 Å². The van der Waals surface area contributed by atoms with E-state index in [9.17, 15) is 14.7 Å². The molecule has 1 saturated carbocycles. The number of aliphatic hydroxyl groups is 1. The molecule has 1 amide bonds. The number of nitrogens with zero attached hydrogens (tertiary/aromatic N) is 1. The molecule has 6 nitrogen and oxygen atoms in total. The first-order chi connectivity index (χ1) is 17.0. The summed E-state index contributed by atoms with van der Waals surface area (Å²) in [4.78, 5) is 27.3. The fraction of sp³-hybridized carbons (Fsp3) is 0.448. The fourth-order valence-corrected chi connectivity index (χ4v) is 6.03. The standard InChI is InChI=1S/C29H33NO5/c1-2-8-21-17-27(32)35-25-18-22(12-13-23(21)25)34-19-26(31)30-16-15-29(33)14-7-6-11-24(29)28(30)20-9-4-3-5-10-20/h3-5,9-10,12-13,17-18,24,28,33H,2,6-8,11,14-16,19H2,1H3. The average Bonchev–Trinajstić information content (AvgIpc) is 2.86. The molecule has 6 heteroatoms. The van der Waals surface area contributed by atoms with Gasteiger partial charge in [-0.2, -0.15) is 0 Å². The lowest BCUT2D eigenvalue weighted by Crippen LogP contribution is -2.56. The normalized spacial score (nSPS) is 24.2. The molecule has 3 unspecified atom stereocenters. The van der Waals surface area contributed by atoms with E-state index in [0.717, 1.165) is 55.0 Å². The van der Waals surface area contributed by atoms with Crippen molar-refractivity contribution in [3.63, 3.8) is 0 Å². The Morgan fingerprint density at radius 2 is 1.97 bits per heavy atom. The zero-order chi connectivity index (χ0) is 24.4. The van der Waals surface area contributed by atoms with Crippen molar-refractivity contribution in [1.29, 1.82) is 0 Å². The molecule has 1 saturated heterocycles. The summed E-state index contributed by atoms with van der Waals surface area (Å²) in [6.45, 7) is 2.46. The van der Waals surface area contributed by atoms with Gasteiger partial charge < -0.3 is 19.2 Å². The Labute approximate surface area is 205 Å². The average molecular weight is 476 g/mol. The summed E-state index contributed by atoms with van der Waals surface area (Å²) in [6, 6.07) is 16.8. The quantitative estimate of drug-likeness (QED) is 0.507. The molecule has 184 valence electrons. The van der Waals surface area contributed by atoms with Crippen LogP contribution in [0.15, 0.2) is 63.8 Å². The van der Waals surface area contributed by atoms with Crippen molar-refractivity contribution >= 4 is 16.9 Å². The minimum atomic E-state index is -0.720. The summed E-state index contributed by atoms with van der Waals surface area (Å²) in [7, 11) is 0. The van der Waals surface area contributed by atoms with E-state index < -0.39 is 5.60 Å². The second-order valence-corrected chi connectivity index (χ2v) is 9.94. The summed E-state index contributed by atoms with van der Waals surface area (Å²) in [5.74, 6) is 0.404. The van der Waals surface area contributed by atoms with Crippen LogP contribution < -0.4 is 10.4 Å². The van der Waals surface area contributed by atoms with Gasteiger partial charge in [-0.15, -0.1) is 0 Å². The molecule has 2 heterocycles. The molecule has 1 aliphatic carbocycles. The molecule has 0 bridgehead atoms. The Morgan fingerprint density at radius 3 is 2.77 bits per heavy atom. The van der Waals surface area contributed by atoms with Crippen LogP contribution in [0, 0.1) is 5.92 Å². The van der Waals surface area contributed by atoms with Gasteiger partial charge in [0.15, 0.2) is 6.61 Å². The maximum Gasteiger partial charge on any atom is 0.336 e. The lowest BCUT2D eigenvalue weighted by Gasteiger charge is -2.52. The van der Waals surface area contributed by atoms with Crippen molar-refractivity contribution in [3.8, 4) is 5.75 Å². The van der Waals surface area contributed by atoms with Crippen molar-refractivity contribution in [2.45, 2.75) is 63.5 Å². The second-order valence-electron chi connectivity index (χ2n) is 9.94. The summed E-state index contributed by atoms with van der Waals surface area (Å²) in [6.07, 6.45) is 6.12. The van der Waals surface area contributed by atoms with E-state index in [1.165, 1.54) is 0 Å². The Bertz CT molecular complexity index is 1250. The lowest BCUT2D eigenvalue weighted by molar-refractivity contribution is -0.157. The number of aryl methyl sites for hydroxylation is 1. The topological polar surface area (TPSA) is 80.0 Å². The molecule has 1 aliphatic heterocycles. The van der Waals surface area contributed by atoms with E-state index in [4.69, 9.17) is 9.15 Å². The number of carbonyl (C=O) groups excluding carboxylic acids is 1. The van der Waals surface area contributed by atoms with Crippen LogP contribution in [-0.4, -0.2) is 34.7 Å². The van der Waals surface area contributed by atoms with Crippen LogP contribution in [0.25, 0.3) is 11.0 Å². The summed E-state index contributed by atoms with van der Waals surface area (Å²) < 4.78 is 11.3. The lowest BCUT2D eigenvalue weighted by atomic mass is 9.66. The van der Waals surface area contributed by atoms with Gasteiger partial charge in [-0.3, -0.25) is 4.79 Å². The number of ether oxygens (including phenoxy) is 1. The highest BCUT2D eigenvalue weighted by Gasteiger charge is 2.50. The smallest absolute Gasteiger partial charge is 0.336 e. The van der Waals surface area contributed by atoms with Gasteiger partial charge in [0.25, 0.3) is 5.91 Å². The van der Waals surface area contributed by atoms with Gasteiger partial charge in [-0.05, 0) is 48.9 Å². The number of carbonyl (C=O) groups is 1. The predicted molar refractivity (Wildman–Crippen MR) is 134 cm³/mol. The number of rotatable bonds is 6. The summed E-state index contributed by atoms with van der Waals surface area (Å²) in [5, 5.41) is 12.3. The van der Waals surface area contributed by atoms with Gasteiger partial charge in [-0.1, -0.05) is 56.5 Å². The third-order valence-electron chi connectivity index (χ3n) is 7.71. The molecule has 1 aromatic heterocycles. The minimum absolute atomic E-state index is 0.0169. The molecule has 5 rings (SSSR count). The maximum atomic E-state index is 13.4.